The molecule has 0 atom stereocenters. The van der Waals surface area contributed by atoms with E-state index in [9.17, 15) is 4.79 Å². The van der Waals surface area contributed by atoms with E-state index in [2.05, 4.69) is 20.2 Å². The summed E-state index contributed by atoms with van der Waals surface area (Å²) in [5.41, 5.74) is 2.70. The molecule has 1 aliphatic heterocycles. The SMILES string of the molecule is Cc1nc2ccccc2n1CCNC(=O)Nc1ccc2c(c1)OCCO2. The highest BCUT2D eigenvalue weighted by atomic mass is 16.6. The molecule has 2 amide bonds. The number of urea groups is 1. The third kappa shape index (κ3) is 3.28. The van der Waals surface area contributed by atoms with Crippen LogP contribution in [0.25, 0.3) is 11.0 Å². The summed E-state index contributed by atoms with van der Waals surface area (Å²) < 4.78 is 13.1. The predicted molar refractivity (Wildman–Crippen MR) is 98.9 cm³/mol. The van der Waals surface area contributed by atoms with Crippen LogP contribution in [0, 0.1) is 6.92 Å². The molecule has 4 rings (SSSR count). The van der Waals surface area contributed by atoms with E-state index in [1.54, 1.807) is 18.2 Å². The first-order valence-corrected chi connectivity index (χ1v) is 8.57. The van der Waals surface area contributed by atoms with Crippen molar-refractivity contribution in [2.45, 2.75) is 13.5 Å². The normalized spacial score (nSPS) is 12.8. The van der Waals surface area contributed by atoms with E-state index >= 15 is 0 Å². The van der Waals surface area contributed by atoms with Crippen molar-refractivity contribution in [3.05, 3.63) is 48.3 Å². The maximum Gasteiger partial charge on any atom is 0.319 e. The second-order valence-corrected chi connectivity index (χ2v) is 6.04. The Labute approximate surface area is 150 Å². The first kappa shape index (κ1) is 16.3. The van der Waals surface area contributed by atoms with Gasteiger partial charge in [0.25, 0.3) is 0 Å². The summed E-state index contributed by atoms with van der Waals surface area (Å²) in [7, 11) is 0. The predicted octanol–water partition coefficient (Wildman–Crippen LogP) is 2.94. The molecule has 0 saturated carbocycles. The standard InChI is InChI=1S/C19H20N4O3/c1-13-21-15-4-2-3-5-16(15)23(13)9-8-20-19(24)22-14-6-7-17-18(12-14)26-11-10-25-17/h2-7,12H,8-11H2,1H3,(H2,20,22,24). The number of aromatic nitrogens is 2. The van der Waals surface area contributed by atoms with Crippen LogP contribution in [0.3, 0.4) is 0 Å². The Morgan fingerprint density at radius 1 is 1.15 bits per heavy atom. The highest BCUT2D eigenvalue weighted by Gasteiger charge is 2.13. The summed E-state index contributed by atoms with van der Waals surface area (Å²) in [5.74, 6) is 2.28. The van der Waals surface area contributed by atoms with Crippen LogP contribution in [-0.2, 0) is 6.54 Å². The van der Waals surface area contributed by atoms with Gasteiger partial charge in [-0.15, -0.1) is 0 Å². The minimum absolute atomic E-state index is 0.260. The number of benzene rings is 2. The molecule has 1 aromatic heterocycles. The van der Waals surface area contributed by atoms with Crippen LogP contribution in [0.1, 0.15) is 5.82 Å². The Morgan fingerprint density at radius 2 is 1.96 bits per heavy atom. The van der Waals surface area contributed by atoms with Gasteiger partial charge in [-0.05, 0) is 31.2 Å². The molecule has 7 nitrogen and oxygen atoms in total. The Kier molecular flexibility index (Phi) is 4.35. The lowest BCUT2D eigenvalue weighted by molar-refractivity contribution is 0.171. The van der Waals surface area contributed by atoms with Crippen molar-refractivity contribution >= 4 is 22.8 Å². The molecule has 0 spiro atoms. The van der Waals surface area contributed by atoms with Crippen molar-refractivity contribution in [2.24, 2.45) is 0 Å². The molecule has 134 valence electrons. The summed E-state index contributed by atoms with van der Waals surface area (Å²) >= 11 is 0. The van der Waals surface area contributed by atoms with Crippen molar-refractivity contribution in [3.8, 4) is 11.5 Å². The van der Waals surface area contributed by atoms with Crippen LogP contribution in [0.2, 0.25) is 0 Å². The molecule has 0 bridgehead atoms. The molecule has 0 unspecified atom stereocenters. The Bertz CT molecular complexity index is 951. The number of imidazole rings is 1. The van der Waals surface area contributed by atoms with Crippen molar-refractivity contribution in [2.75, 3.05) is 25.1 Å². The Balaban J connectivity index is 1.35. The van der Waals surface area contributed by atoms with Crippen molar-refractivity contribution in [1.29, 1.82) is 0 Å². The summed E-state index contributed by atoms with van der Waals surface area (Å²) in [4.78, 5) is 16.7. The topological polar surface area (TPSA) is 77.4 Å². The summed E-state index contributed by atoms with van der Waals surface area (Å²) in [6, 6.07) is 13.1. The lowest BCUT2D eigenvalue weighted by Crippen LogP contribution is -2.31. The number of carbonyl (C=O) groups is 1. The van der Waals surface area contributed by atoms with Gasteiger partial charge < -0.3 is 24.7 Å². The first-order chi connectivity index (χ1) is 12.7. The van der Waals surface area contributed by atoms with Crippen LogP contribution in [0.5, 0.6) is 11.5 Å². The third-order valence-corrected chi connectivity index (χ3v) is 4.27. The largest absolute Gasteiger partial charge is 0.486 e. The molecule has 1 aliphatic rings. The smallest absolute Gasteiger partial charge is 0.319 e. The minimum Gasteiger partial charge on any atom is -0.486 e. The molecule has 2 N–H and O–H groups in total. The number of nitrogens with one attached hydrogen (secondary N) is 2. The maximum atomic E-state index is 12.1. The van der Waals surface area contributed by atoms with Crippen molar-refractivity contribution in [1.82, 2.24) is 14.9 Å². The van der Waals surface area contributed by atoms with E-state index in [1.165, 1.54) is 0 Å². The Hall–Kier alpha value is -3.22. The number of carbonyl (C=O) groups excluding carboxylic acids is 1. The molecule has 3 aromatic rings. The number of para-hydroxylation sites is 2. The van der Waals surface area contributed by atoms with Gasteiger partial charge in [0.15, 0.2) is 11.5 Å². The number of aryl methyl sites for hydroxylation is 1. The number of amides is 2. The van der Waals surface area contributed by atoms with Gasteiger partial charge in [0.1, 0.15) is 19.0 Å². The van der Waals surface area contributed by atoms with Gasteiger partial charge >= 0.3 is 6.03 Å². The fourth-order valence-electron chi connectivity index (χ4n) is 3.06. The number of fused-ring (bicyclic) bond motifs is 2. The maximum absolute atomic E-state index is 12.1. The van der Waals surface area contributed by atoms with E-state index in [0.717, 1.165) is 16.9 Å². The monoisotopic (exact) mass is 352 g/mol. The number of rotatable bonds is 4. The quantitative estimate of drug-likeness (QED) is 0.757. The molecular formula is C19H20N4O3. The second kappa shape index (κ2) is 6.95. The van der Waals surface area contributed by atoms with Crippen LogP contribution >= 0.6 is 0 Å². The van der Waals surface area contributed by atoms with Gasteiger partial charge in [0, 0.05) is 24.8 Å². The van der Waals surface area contributed by atoms with Crippen LogP contribution in [0.15, 0.2) is 42.5 Å². The van der Waals surface area contributed by atoms with Gasteiger partial charge in [-0.3, -0.25) is 0 Å². The van der Waals surface area contributed by atoms with E-state index < -0.39 is 0 Å². The van der Waals surface area contributed by atoms with Gasteiger partial charge in [-0.2, -0.15) is 0 Å². The zero-order chi connectivity index (χ0) is 17.9. The fourth-order valence-corrected chi connectivity index (χ4v) is 3.06. The summed E-state index contributed by atoms with van der Waals surface area (Å²) in [5, 5.41) is 5.68. The van der Waals surface area contributed by atoms with Crippen LogP contribution < -0.4 is 20.1 Å². The van der Waals surface area contributed by atoms with E-state index in [-0.39, 0.29) is 6.03 Å². The summed E-state index contributed by atoms with van der Waals surface area (Å²) in [6.07, 6.45) is 0. The summed E-state index contributed by atoms with van der Waals surface area (Å²) in [6.45, 7) is 4.18. The highest BCUT2D eigenvalue weighted by Crippen LogP contribution is 2.32. The van der Waals surface area contributed by atoms with Crippen molar-refractivity contribution in [3.63, 3.8) is 0 Å². The minimum atomic E-state index is -0.260. The molecule has 26 heavy (non-hydrogen) atoms. The number of hydrogen-bond acceptors (Lipinski definition) is 4. The highest BCUT2D eigenvalue weighted by molar-refractivity contribution is 5.89. The molecule has 2 heterocycles. The fraction of sp³-hybridized carbons (Fsp3) is 0.263. The van der Waals surface area contributed by atoms with Gasteiger partial charge in [-0.1, -0.05) is 12.1 Å². The van der Waals surface area contributed by atoms with Gasteiger partial charge in [0.05, 0.1) is 11.0 Å². The lowest BCUT2D eigenvalue weighted by atomic mass is 10.2. The number of nitrogens with zero attached hydrogens (tertiary/aromatic N) is 2. The van der Waals surface area contributed by atoms with Crippen LogP contribution in [-0.4, -0.2) is 35.3 Å². The van der Waals surface area contributed by atoms with Gasteiger partial charge in [0.2, 0.25) is 0 Å². The van der Waals surface area contributed by atoms with E-state index in [0.29, 0.717) is 43.5 Å². The molecule has 7 heteroatoms. The first-order valence-electron chi connectivity index (χ1n) is 8.57. The van der Waals surface area contributed by atoms with Crippen molar-refractivity contribution < 1.29 is 14.3 Å². The molecule has 2 aromatic carbocycles. The number of hydrogen-bond donors (Lipinski definition) is 2. The van der Waals surface area contributed by atoms with Gasteiger partial charge in [-0.25, -0.2) is 9.78 Å². The third-order valence-electron chi connectivity index (χ3n) is 4.27. The van der Waals surface area contributed by atoms with Crippen LogP contribution in [0.4, 0.5) is 10.5 Å². The molecule has 0 saturated heterocycles. The van der Waals surface area contributed by atoms with E-state index in [4.69, 9.17) is 9.47 Å². The molecular weight excluding hydrogens is 332 g/mol. The molecule has 0 fully saturated rings. The lowest BCUT2D eigenvalue weighted by Gasteiger charge is -2.19. The zero-order valence-electron chi connectivity index (χ0n) is 14.5. The number of anilines is 1. The van der Waals surface area contributed by atoms with E-state index in [1.807, 2.05) is 31.2 Å². The average molecular weight is 352 g/mol. The molecule has 0 aliphatic carbocycles. The zero-order valence-corrected chi connectivity index (χ0v) is 14.5. The number of ether oxygens (including phenoxy) is 2. The Morgan fingerprint density at radius 3 is 2.85 bits per heavy atom. The second-order valence-electron chi connectivity index (χ2n) is 6.04. The molecule has 0 radical (unpaired) electrons. The average Bonchev–Trinajstić information content (AvgIpc) is 2.97.